The lowest BCUT2D eigenvalue weighted by Crippen LogP contribution is -2.48. The third kappa shape index (κ3) is 4.59. The molecule has 0 aromatic heterocycles. The Bertz CT molecular complexity index is 209. The van der Waals surface area contributed by atoms with Crippen molar-refractivity contribution >= 4 is 5.97 Å². The number of nitrogens with two attached hydrogens (primary N) is 1. The van der Waals surface area contributed by atoms with Crippen LogP contribution in [0.2, 0.25) is 0 Å². The highest BCUT2D eigenvalue weighted by Gasteiger charge is 2.26. The van der Waals surface area contributed by atoms with E-state index in [1.165, 1.54) is 0 Å². The molecule has 0 bridgehead atoms. The number of nitrogens with one attached hydrogen (secondary N) is 1. The van der Waals surface area contributed by atoms with Gasteiger partial charge in [-0.15, -0.1) is 0 Å². The van der Waals surface area contributed by atoms with Gasteiger partial charge in [-0.2, -0.15) is 0 Å². The Morgan fingerprint density at radius 1 is 1.67 bits per heavy atom. The Hall–Kier alpha value is -0.650. The summed E-state index contributed by atoms with van der Waals surface area (Å²) in [5.41, 5.74) is 5.59. The van der Waals surface area contributed by atoms with Gasteiger partial charge in [0.15, 0.2) is 0 Å². The maximum absolute atomic E-state index is 10.7. The van der Waals surface area contributed by atoms with Crippen LogP contribution < -0.4 is 11.1 Å². The summed E-state index contributed by atoms with van der Waals surface area (Å²) in [4.78, 5) is 10.7. The Morgan fingerprint density at radius 3 is 3.00 bits per heavy atom. The highest BCUT2D eigenvalue weighted by molar-refractivity contribution is 5.73. The molecule has 1 rings (SSSR count). The summed E-state index contributed by atoms with van der Waals surface area (Å²) in [6.07, 6.45) is 3.13. The van der Waals surface area contributed by atoms with Crippen LogP contribution in [0, 0.1) is 0 Å². The quantitative estimate of drug-likeness (QED) is 0.615. The fraction of sp³-hybridized carbons (Fsp3) is 0.900. The molecule has 0 spiro atoms. The van der Waals surface area contributed by atoms with Crippen LogP contribution in [0.4, 0.5) is 0 Å². The van der Waals surface area contributed by atoms with Gasteiger partial charge in [-0.1, -0.05) is 0 Å². The number of carbonyl (C=O) groups is 1. The van der Waals surface area contributed by atoms with Gasteiger partial charge in [-0.05, 0) is 32.6 Å². The number of carboxylic acids is 1. The molecule has 0 amide bonds. The lowest BCUT2D eigenvalue weighted by Gasteiger charge is -2.28. The number of aliphatic carboxylic acids is 1. The van der Waals surface area contributed by atoms with E-state index in [2.05, 4.69) is 5.32 Å². The smallest absolute Gasteiger partial charge is 0.320 e. The fourth-order valence-electron chi connectivity index (χ4n) is 1.62. The van der Waals surface area contributed by atoms with E-state index in [0.29, 0.717) is 13.0 Å². The van der Waals surface area contributed by atoms with Gasteiger partial charge in [-0.25, -0.2) is 0 Å². The molecule has 1 saturated heterocycles. The minimum Gasteiger partial charge on any atom is -0.480 e. The highest BCUT2D eigenvalue weighted by atomic mass is 16.5. The maximum atomic E-state index is 10.7. The average molecular weight is 216 g/mol. The van der Waals surface area contributed by atoms with Crippen molar-refractivity contribution in [2.24, 2.45) is 5.73 Å². The molecule has 1 aliphatic rings. The van der Waals surface area contributed by atoms with E-state index in [1.54, 1.807) is 0 Å². The Balaban J connectivity index is 2.21. The van der Waals surface area contributed by atoms with Gasteiger partial charge >= 0.3 is 5.97 Å². The lowest BCUT2D eigenvalue weighted by molar-refractivity contribution is -0.142. The molecule has 1 fully saturated rings. The van der Waals surface area contributed by atoms with Crippen LogP contribution in [0.1, 0.15) is 32.6 Å². The van der Waals surface area contributed by atoms with Crippen molar-refractivity contribution < 1.29 is 14.6 Å². The molecule has 4 N–H and O–H groups in total. The summed E-state index contributed by atoms with van der Waals surface area (Å²) >= 11 is 0. The van der Waals surface area contributed by atoms with Crippen molar-refractivity contribution in [2.75, 3.05) is 6.61 Å². The summed E-state index contributed by atoms with van der Waals surface area (Å²) in [6.45, 7) is 2.51. The largest absolute Gasteiger partial charge is 0.480 e. The first-order valence-corrected chi connectivity index (χ1v) is 5.45. The predicted octanol–water partition coefficient (Wildman–Crippen LogP) is 0.293. The molecule has 5 heteroatoms. The first-order chi connectivity index (χ1) is 7.09. The van der Waals surface area contributed by atoms with Crippen LogP contribution in [0.5, 0.6) is 0 Å². The summed E-state index contributed by atoms with van der Waals surface area (Å²) < 4.78 is 5.52. The van der Waals surface area contributed by atoms with Crippen LogP contribution in [0.15, 0.2) is 0 Å². The second-order valence-electron chi connectivity index (χ2n) is 4.11. The van der Waals surface area contributed by atoms with Crippen molar-refractivity contribution in [2.45, 2.75) is 50.9 Å². The van der Waals surface area contributed by atoms with Gasteiger partial charge in [0.05, 0.1) is 6.61 Å². The first-order valence-electron chi connectivity index (χ1n) is 5.45. The zero-order valence-corrected chi connectivity index (χ0v) is 9.11. The van der Waals surface area contributed by atoms with Gasteiger partial charge in [-0.3, -0.25) is 10.1 Å². The molecular formula is C10H20N2O3. The van der Waals surface area contributed by atoms with Crippen LogP contribution in [0.3, 0.4) is 0 Å². The van der Waals surface area contributed by atoms with Crippen LogP contribution in [-0.4, -0.2) is 36.0 Å². The summed E-state index contributed by atoms with van der Waals surface area (Å²) in [6, 6.07) is -0.331. The molecule has 0 radical (unpaired) electrons. The fourth-order valence-corrected chi connectivity index (χ4v) is 1.62. The van der Waals surface area contributed by atoms with Crippen molar-refractivity contribution in [1.29, 1.82) is 0 Å². The van der Waals surface area contributed by atoms with E-state index in [-0.39, 0.29) is 12.3 Å². The number of rotatable bonds is 5. The molecule has 1 heterocycles. The third-order valence-corrected chi connectivity index (χ3v) is 2.54. The molecule has 0 aliphatic carbocycles. The molecule has 15 heavy (non-hydrogen) atoms. The van der Waals surface area contributed by atoms with E-state index in [0.717, 1.165) is 19.3 Å². The number of piperidine rings is 1. The van der Waals surface area contributed by atoms with Crippen molar-refractivity contribution in [3.05, 3.63) is 0 Å². The molecule has 88 valence electrons. The van der Waals surface area contributed by atoms with E-state index in [1.807, 2.05) is 6.92 Å². The van der Waals surface area contributed by atoms with Crippen molar-refractivity contribution in [1.82, 2.24) is 5.32 Å². The second-order valence-corrected chi connectivity index (χ2v) is 4.11. The van der Waals surface area contributed by atoms with E-state index in [9.17, 15) is 4.79 Å². The minimum atomic E-state index is -0.796. The third-order valence-electron chi connectivity index (χ3n) is 2.54. The number of ether oxygens (including phenoxy) is 1. The standard InChI is InChI=1S/C10H20N2O3/c1-7(11)5-6-15-9-4-2-3-8(12-9)10(13)14/h7-9,12H,2-6,11H2,1H3,(H,13,14). The summed E-state index contributed by atoms with van der Waals surface area (Å²) in [7, 11) is 0. The SMILES string of the molecule is CC(N)CCOC1CCCC(C(=O)O)N1. The topological polar surface area (TPSA) is 84.6 Å². The normalized spacial score (nSPS) is 28.7. The van der Waals surface area contributed by atoms with Crippen LogP contribution in [-0.2, 0) is 9.53 Å². The lowest BCUT2D eigenvalue weighted by atomic mass is 10.0. The van der Waals surface area contributed by atoms with E-state index >= 15 is 0 Å². The molecule has 1 aliphatic heterocycles. The number of hydrogen-bond donors (Lipinski definition) is 3. The van der Waals surface area contributed by atoms with Gasteiger partial charge < -0.3 is 15.6 Å². The predicted molar refractivity (Wildman–Crippen MR) is 56.4 cm³/mol. The molecule has 3 unspecified atom stereocenters. The molecule has 5 nitrogen and oxygen atoms in total. The Morgan fingerprint density at radius 2 is 2.40 bits per heavy atom. The summed E-state index contributed by atoms with van der Waals surface area (Å²) in [5.74, 6) is -0.796. The van der Waals surface area contributed by atoms with Crippen molar-refractivity contribution in [3.63, 3.8) is 0 Å². The van der Waals surface area contributed by atoms with Gasteiger partial charge in [0.2, 0.25) is 0 Å². The molecule has 0 saturated carbocycles. The van der Waals surface area contributed by atoms with Crippen LogP contribution >= 0.6 is 0 Å². The number of hydrogen-bond acceptors (Lipinski definition) is 4. The maximum Gasteiger partial charge on any atom is 0.320 e. The van der Waals surface area contributed by atoms with E-state index < -0.39 is 12.0 Å². The number of carboxylic acid groups (broad SMARTS) is 1. The highest BCUT2D eigenvalue weighted by Crippen LogP contribution is 2.14. The van der Waals surface area contributed by atoms with E-state index in [4.69, 9.17) is 15.6 Å². The molecule has 3 atom stereocenters. The second kappa shape index (κ2) is 6.05. The summed E-state index contributed by atoms with van der Waals surface area (Å²) in [5, 5.41) is 11.8. The Labute approximate surface area is 90.0 Å². The van der Waals surface area contributed by atoms with Gasteiger partial charge in [0.25, 0.3) is 0 Å². The molecule has 0 aromatic carbocycles. The first kappa shape index (κ1) is 12.4. The zero-order valence-electron chi connectivity index (χ0n) is 9.11. The van der Waals surface area contributed by atoms with Crippen molar-refractivity contribution in [3.8, 4) is 0 Å². The zero-order chi connectivity index (χ0) is 11.3. The molecule has 0 aromatic rings. The average Bonchev–Trinajstić information content (AvgIpc) is 2.17. The van der Waals surface area contributed by atoms with Crippen LogP contribution in [0.25, 0.3) is 0 Å². The minimum absolute atomic E-state index is 0.126. The monoisotopic (exact) mass is 216 g/mol. The van der Waals surface area contributed by atoms with Gasteiger partial charge in [0, 0.05) is 6.04 Å². The Kier molecular flexibility index (Phi) is 5.01. The molecular weight excluding hydrogens is 196 g/mol. The van der Waals surface area contributed by atoms with Gasteiger partial charge in [0.1, 0.15) is 12.3 Å².